The summed E-state index contributed by atoms with van der Waals surface area (Å²) in [6, 6.07) is 8.08. The number of anilines is 2. The van der Waals surface area contributed by atoms with Crippen LogP contribution in [0.4, 0.5) is 11.5 Å². The number of morpholine rings is 1. The van der Waals surface area contributed by atoms with Crippen molar-refractivity contribution in [1.82, 2.24) is 14.9 Å². The van der Waals surface area contributed by atoms with E-state index in [1.165, 1.54) is 0 Å². The van der Waals surface area contributed by atoms with E-state index in [1.54, 1.807) is 6.20 Å². The Labute approximate surface area is 198 Å². The predicted octanol–water partition coefficient (Wildman–Crippen LogP) is 3.96. The van der Waals surface area contributed by atoms with Gasteiger partial charge in [-0.2, -0.15) is 10.1 Å². The summed E-state index contributed by atoms with van der Waals surface area (Å²) >= 11 is 0. The van der Waals surface area contributed by atoms with Crippen molar-refractivity contribution in [3.05, 3.63) is 41.7 Å². The Morgan fingerprint density at radius 1 is 1.18 bits per heavy atom. The third kappa shape index (κ3) is 7.98. The molecule has 2 aromatic heterocycles. The number of hydrogen-bond donors (Lipinski definition) is 1. The molecular formula is C25H38N6O2. The number of aromatic nitrogens is 2. The molecule has 0 radical (unpaired) electrons. The summed E-state index contributed by atoms with van der Waals surface area (Å²) in [6.07, 6.45) is 3.96. The van der Waals surface area contributed by atoms with Crippen LogP contribution in [0.25, 0.3) is 0 Å². The number of hydrazone groups is 1. The zero-order valence-corrected chi connectivity index (χ0v) is 20.5. The number of aryl methyl sites for hydroxylation is 1. The Kier molecular flexibility index (Phi) is 9.90. The summed E-state index contributed by atoms with van der Waals surface area (Å²) in [5.74, 6) is 1.28. The molecule has 0 amide bonds. The minimum Gasteiger partial charge on any atom is -0.476 e. The van der Waals surface area contributed by atoms with Gasteiger partial charge in [-0.15, -0.1) is 0 Å². The Hall–Kier alpha value is -2.71. The van der Waals surface area contributed by atoms with Crippen molar-refractivity contribution in [3.8, 4) is 5.88 Å². The van der Waals surface area contributed by atoms with E-state index >= 15 is 0 Å². The highest BCUT2D eigenvalue weighted by Gasteiger charge is 2.13. The first-order chi connectivity index (χ1) is 16.1. The van der Waals surface area contributed by atoms with E-state index in [-0.39, 0.29) is 0 Å². The van der Waals surface area contributed by atoms with Crippen LogP contribution in [-0.4, -0.2) is 73.1 Å². The standard InChI is InChI=1S/C25H38N6O2/c1-5-9-31(10-6-2)22-18-24(29-28-21(4)23-17-20(3)7-8-26-23)27-25(19-22)33-16-13-30-11-14-32-15-12-30/h7-8,17-19H,5-6,9-16H2,1-4H3,(H,27,29)/b28-21+. The van der Waals surface area contributed by atoms with Gasteiger partial charge in [-0.05, 0) is 44.4 Å². The highest BCUT2D eigenvalue weighted by molar-refractivity contribution is 5.97. The maximum Gasteiger partial charge on any atom is 0.217 e. The van der Waals surface area contributed by atoms with Gasteiger partial charge in [0.05, 0.1) is 24.6 Å². The van der Waals surface area contributed by atoms with Crippen LogP contribution >= 0.6 is 0 Å². The molecule has 33 heavy (non-hydrogen) atoms. The Bertz CT molecular complexity index is 892. The first-order valence-electron chi connectivity index (χ1n) is 12.0. The van der Waals surface area contributed by atoms with Crippen molar-refractivity contribution >= 4 is 17.2 Å². The second-order valence-corrected chi connectivity index (χ2v) is 8.37. The zero-order valence-electron chi connectivity index (χ0n) is 20.5. The minimum atomic E-state index is 0.590. The quantitative estimate of drug-likeness (QED) is 0.384. The van der Waals surface area contributed by atoms with Gasteiger partial charge in [-0.1, -0.05) is 13.8 Å². The normalized spacial score (nSPS) is 14.8. The lowest BCUT2D eigenvalue weighted by molar-refractivity contribution is 0.0320. The Morgan fingerprint density at radius 3 is 2.64 bits per heavy atom. The van der Waals surface area contributed by atoms with Crippen LogP contribution in [-0.2, 0) is 4.74 Å². The number of hydrogen-bond acceptors (Lipinski definition) is 8. The molecule has 3 rings (SSSR count). The van der Waals surface area contributed by atoms with Crippen molar-refractivity contribution in [2.45, 2.75) is 40.5 Å². The molecule has 8 nitrogen and oxygen atoms in total. The fourth-order valence-corrected chi connectivity index (χ4v) is 3.75. The van der Waals surface area contributed by atoms with Crippen LogP contribution in [0.1, 0.15) is 44.9 Å². The van der Waals surface area contributed by atoms with Gasteiger partial charge in [0.2, 0.25) is 5.88 Å². The third-order valence-electron chi connectivity index (χ3n) is 5.52. The lowest BCUT2D eigenvalue weighted by Crippen LogP contribution is -2.38. The predicted molar refractivity (Wildman–Crippen MR) is 135 cm³/mol. The molecule has 1 saturated heterocycles. The van der Waals surface area contributed by atoms with Gasteiger partial charge < -0.3 is 14.4 Å². The molecule has 0 aliphatic carbocycles. The summed E-state index contributed by atoms with van der Waals surface area (Å²) in [5, 5.41) is 4.54. The van der Waals surface area contributed by atoms with Crippen LogP contribution < -0.4 is 15.1 Å². The van der Waals surface area contributed by atoms with E-state index < -0.39 is 0 Å². The van der Waals surface area contributed by atoms with E-state index in [2.05, 4.69) is 44.1 Å². The van der Waals surface area contributed by atoms with Crippen molar-refractivity contribution in [2.24, 2.45) is 5.10 Å². The molecule has 180 valence electrons. The van der Waals surface area contributed by atoms with Crippen molar-refractivity contribution in [2.75, 3.05) is 62.9 Å². The summed E-state index contributed by atoms with van der Waals surface area (Å²) in [6.45, 7) is 15.3. The lowest BCUT2D eigenvalue weighted by atomic mass is 10.2. The number of ether oxygens (including phenoxy) is 2. The van der Waals surface area contributed by atoms with Gasteiger partial charge in [-0.3, -0.25) is 15.3 Å². The third-order valence-corrected chi connectivity index (χ3v) is 5.52. The van der Waals surface area contributed by atoms with Gasteiger partial charge in [0.1, 0.15) is 6.61 Å². The molecule has 0 spiro atoms. The lowest BCUT2D eigenvalue weighted by Gasteiger charge is -2.27. The number of nitrogens with zero attached hydrogens (tertiary/aromatic N) is 5. The number of nitrogens with one attached hydrogen (secondary N) is 1. The van der Waals surface area contributed by atoms with Crippen LogP contribution in [0.5, 0.6) is 5.88 Å². The maximum atomic E-state index is 6.08. The largest absolute Gasteiger partial charge is 0.476 e. The average molecular weight is 455 g/mol. The van der Waals surface area contributed by atoms with Gasteiger partial charge in [0.25, 0.3) is 0 Å². The minimum absolute atomic E-state index is 0.590. The number of pyridine rings is 2. The van der Waals surface area contributed by atoms with Crippen LogP contribution in [0.2, 0.25) is 0 Å². The first kappa shape index (κ1) is 24.9. The highest BCUT2D eigenvalue weighted by Crippen LogP contribution is 2.25. The monoisotopic (exact) mass is 454 g/mol. The molecule has 8 heteroatoms. The molecule has 0 aromatic carbocycles. The Morgan fingerprint density at radius 2 is 1.94 bits per heavy atom. The van der Waals surface area contributed by atoms with Gasteiger partial charge >= 0.3 is 0 Å². The molecule has 1 aliphatic heterocycles. The molecule has 0 bridgehead atoms. The van der Waals surface area contributed by atoms with Crippen molar-refractivity contribution < 1.29 is 9.47 Å². The zero-order chi connectivity index (χ0) is 23.5. The molecule has 0 saturated carbocycles. The van der Waals surface area contributed by atoms with Crippen LogP contribution in [0.3, 0.4) is 0 Å². The fraction of sp³-hybridized carbons (Fsp3) is 0.560. The maximum absolute atomic E-state index is 6.08. The molecule has 0 atom stereocenters. The number of rotatable bonds is 12. The smallest absolute Gasteiger partial charge is 0.217 e. The van der Waals surface area contributed by atoms with Crippen LogP contribution in [0, 0.1) is 6.92 Å². The van der Waals surface area contributed by atoms with E-state index in [0.717, 1.165) is 81.4 Å². The summed E-state index contributed by atoms with van der Waals surface area (Å²) in [7, 11) is 0. The topological polar surface area (TPSA) is 75.1 Å². The Balaban J connectivity index is 1.75. The van der Waals surface area contributed by atoms with Gasteiger partial charge in [-0.25, -0.2) is 0 Å². The molecule has 1 N–H and O–H groups in total. The summed E-state index contributed by atoms with van der Waals surface area (Å²) < 4.78 is 11.5. The fourth-order valence-electron chi connectivity index (χ4n) is 3.75. The second-order valence-electron chi connectivity index (χ2n) is 8.37. The van der Waals surface area contributed by atoms with Crippen molar-refractivity contribution in [3.63, 3.8) is 0 Å². The van der Waals surface area contributed by atoms with Gasteiger partial charge in [0.15, 0.2) is 5.82 Å². The summed E-state index contributed by atoms with van der Waals surface area (Å²) in [4.78, 5) is 13.8. The SMILES string of the molecule is CCCN(CCC)c1cc(N/N=C(\C)c2cc(C)ccn2)nc(OCCN2CCOCC2)c1. The van der Waals surface area contributed by atoms with Crippen molar-refractivity contribution in [1.29, 1.82) is 0 Å². The molecule has 1 fully saturated rings. The molecule has 2 aromatic rings. The molecular weight excluding hydrogens is 416 g/mol. The highest BCUT2D eigenvalue weighted by atomic mass is 16.5. The second kappa shape index (κ2) is 13.1. The average Bonchev–Trinajstić information content (AvgIpc) is 2.83. The molecule has 0 unspecified atom stereocenters. The van der Waals surface area contributed by atoms with E-state index in [0.29, 0.717) is 18.3 Å². The van der Waals surface area contributed by atoms with E-state index in [9.17, 15) is 0 Å². The first-order valence-corrected chi connectivity index (χ1v) is 12.0. The summed E-state index contributed by atoms with van der Waals surface area (Å²) in [5.41, 5.74) is 7.03. The van der Waals surface area contributed by atoms with E-state index in [1.807, 2.05) is 38.1 Å². The molecule has 1 aliphatic rings. The van der Waals surface area contributed by atoms with Gasteiger partial charge in [0, 0.05) is 56.7 Å². The van der Waals surface area contributed by atoms with Crippen LogP contribution in [0.15, 0.2) is 35.6 Å². The molecule has 3 heterocycles. The van der Waals surface area contributed by atoms with E-state index in [4.69, 9.17) is 9.47 Å².